The van der Waals surface area contributed by atoms with Crippen LogP contribution in [0.3, 0.4) is 0 Å². The highest BCUT2D eigenvalue weighted by Gasteiger charge is 2.26. The molecule has 2 fully saturated rings. The average Bonchev–Trinajstić information content (AvgIpc) is 2.80. The predicted octanol–water partition coefficient (Wildman–Crippen LogP) is 4.48. The van der Waals surface area contributed by atoms with Crippen molar-refractivity contribution in [2.45, 2.75) is 45.6 Å². The molecule has 1 unspecified atom stereocenters. The van der Waals surface area contributed by atoms with E-state index in [9.17, 15) is 0 Å². The molecule has 0 saturated carbocycles. The Morgan fingerprint density at radius 1 is 1.10 bits per heavy atom. The van der Waals surface area contributed by atoms with Gasteiger partial charge in [0.15, 0.2) is 5.82 Å². The lowest BCUT2D eigenvalue weighted by atomic mass is 9.94. The summed E-state index contributed by atoms with van der Waals surface area (Å²) in [6, 6.07) is 5.99. The van der Waals surface area contributed by atoms with Gasteiger partial charge in [-0.15, -0.1) is 0 Å². The van der Waals surface area contributed by atoms with E-state index in [4.69, 9.17) is 32.0 Å². The fourth-order valence-electron chi connectivity index (χ4n) is 3.99. The van der Waals surface area contributed by atoms with E-state index in [0.29, 0.717) is 35.9 Å². The Hall–Kier alpha value is -1.61. The molecule has 4 rings (SSSR count). The Balaban J connectivity index is 0.00000132. The summed E-state index contributed by atoms with van der Waals surface area (Å²) in [5.41, 5.74) is 7.82. The first kappa shape index (κ1) is 24.0. The van der Waals surface area contributed by atoms with Gasteiger partial charge in [0.2, 0.25) is 0 Å². The summed E-state index contributed by atoms with van der Waals surface area (Å²) in [5.74, 6) is 2.39. The van der Waals surface area contributed by atoms with E-state index in [1.807, 2.05) is 25.8 Å². The molecule has 2 aromatic heterocycles. The molecular weight excluding hydrogens is 432 g/mol. The van der Waals surface area contributed by atoms with Gasteiger partial charge in [-0.05, 0) is 38.2 Å². The molecule has 2 saturated heterocycles. The standard InChI is InChI=1S/C20H27ClN6OS.C2H6/c1-13-12-28-8-7-27(13)19-11-16(14-3-5-26(29-2)6-4-14)23-20(25-19)15-9-17(21)24-18(22)10-15;1-2/h9-11,13-14H,3-8,12H2,1-2H3,(H2,22,24);1-2H3. The molecule has 2 N–H and O–H groups in total. The molecule has 0 spiro atoms. The lowest BCUT2D eigenvalue weighted by Gasteiger charge is -2.35. The molecular formula is C22H33ClN6OS. The van der Waals surface area contributed by atoms with Gasteiger partial charge in [0.1, 0.15) is 16.8 Å². The van der Waals surface area contributed by atoms with Crippen LogP contribution in [0.4, 0.5) is 11.6 Å². The van der Waals surface area contributed by atoms with Crippen LogP contribution in [0.25, 0.3) is 11.4 Å². The second-order valence-electron chi connectivity index (χ2n) is 7.58. The van der Waals surface area contributed by atoms with Gasteiger partial charge in [0, 0.05) is 42.9 Å². The van der Waals surface area contributed by atoms with Gasteiger partial charge in [-0.3, -0.25) is 4.31 Å². The van der Waals surface area contributed by atoms with Crippen molar-refractivity contribution >= 4 is 35.2 Å². The van der Waals surface area contributed by atoms with Crippen molar-refractivity contribution in [1.82, 2.24) is 19.3 Å². The molecule has 2 aromatic rings. The molecule has 4 heterocycles. The number of ether oxygens (including phenoxy) is 1. The second-order valence-corrected chi connectivity index (χ2v) is 8.85. The number of rotatable bonds is 4. The molecule has 0 radical (unpaired) electrons. The Labute approximate surface area is 194 Å². The van der Waals surface area contributed by atoms with Gasteiger partial charge in [-0.1, -0.05) is 37.4 Å². The third kappa shape index (κ3) is 6.00. The highest BCUT2D eigenvalue weighted by molar-refractivity contribution is 7.96. The van der Waals surface area contributed by atoms with E-state index in [-0.39, 0.29) is 6.04 Å². The molecule has 0 aliphatic carbocycles. The maximum atomic E-state index is 6.15. The normalized spacial score (nSPS) is 20.3. The molecule has 170 valence electrons. The van der Waals surface area contributed by atoms with Crippen LogP contribution in [0.15, 0.2) is 18.2 Å². The zero-order valence-electron chi connectivity index (χ0n) is 18.8. The quantitative estimate of drug-likeness (QED) is 0.523. The van der Waals surface area contributed by atoms with Crippen LogP contribution in [0, 0.1) is 0 Å². The summed E-state index contributed by atoms with van der Waals surface area (Å²) in [5, 5.41) is 0.351. The van der Waals surface area contributed by atoms with Gasteiger partial charge in [-0.2, -0.15) is 0 Å². The van der Waals surface area contributed by atoms with E-state index >= 15 is 0 Å². The number of nitrogens with zero attached hydrogens (tertiary/aromatic N) is 5. The number of hydrogen-bond donors (Lipinski definition) is 1. The Morgan fingerprint density at radius 2 is 1.84 bits per heavy atom. The van der Waals surface area contributed by atoms with Crippen molar-refractivity contribution in [2.24, 2.45) is 0 Å². The van der Waals surface area contributed by atoms with Crippen LogP contribution in [0.5, 0.6) is 0 Å². The Bertz CT molecular complexity index is 842. The zero-order valence-corrected chi connectivity index (χ0v) is 20.4. The Kier molecular flexibility index (Phi) is 8.77. The SMILES string of the molecule is CC.CSN1CCC(c2cc(N3CCOCC3C)nc(-c3cc(N)nc(Cl)c3)n2)CC1. The number of hydrogen-bond acceptors (Lipinski definition) is 8. The molecule has 2 aliphatic heterocycles. The number of nitrogens with two attached hydrogens (primary N) is 1. The number of piperidine rings is 1. The van der Waals surface area contributed by atoms with E-state index < -0.39 is 0 Å². The van der Waals surface area contributed by atoms with E-state index in [1.165, 1.54) is 0 Å². The van der Waals surface area contributed by atoms with E-state index in [0.717, 1.165) is 49.6 Å². The number of morpholine rings is 1. The minimum absolute atomic E-state index is 0.267. The van der Waals surface area contributed by atoms with Crippen LogP contribution >= 0.6 is 23.5 Å². The topological polar surface area (TPSA) is 80.4 Å². The zero-order chi connectivity index (χ0) is 22.4. The van der Waals surface area contributed by atoms with Gasteiger partial charge < -0.3 is 15.4 Å². The molecule has 0 bridgehead atoms. The average molecular weight is 465 g/mol. The maximum Gasteiger partial charge on any atom is 0.162 e. The largest absolute Gasteiger partial charge is 0.384 e. The van der Waals surface area contributed by atoms with Gasteiger partial charge in [-0.25, -0.2) is 15.0 Å². The first-order valence-corrected chi connectivity index (χ1v) is 12.6. The number of nitrogen functional groups attached to an aromatic ring is 1. The third-order valence-electron chi connectivity index (χ3n) is 5.60. The smallest absolute Gasteiger partial charge is 0.162 e. The highest BCUT2D eigenvalue weighted by Crippen LogP contribution is 2.33. The third-order valence-corrected chi connectivity index (χ3v) is 6.67. The van der Waals surface area contributed by atoms with Crippen molar-refractivity contribution in [1.29, 1.82) is 0 Å². The van der Waals surface area contributed by atoms with Gasteiger partial charge >= 0.3 is 0 Å². The van der Waals surface area contributed by atoms with Crippen molar-refractivity contribution in [3.05, 3.63) is 29.0 Å². The minimum Gasteiger partial charge on any atom is -0.384 e. The van der Waals surface area contributed by atoms with E-state index in [1.54, 1.807) is 12.1 Å². The number of pyridine rings is 1. The van der Waals surface area contributed by atoms with E-state index in [2.05, 4.69) is 33.4 Å². The molecule has 2 aliphatic rings. The molecule has 0 amide bonds. The summed E-state index contributed by atoms with van der Waals surface area (Å²) >= 11 is 7.97. The summed E-state index contributed by atoms with van der Waals surface area (Å²) in [7, 11) is 0. The maximum absolute atomic E-state index is 6.15. The first-order chi connectivity index (χ1) is 15.0. The minimum atomic E-state index is 0.267. The van der Waals surface area contributed by atoms with Crippen molar-refractivity contribution in [2.75, 3.05) is 49.7 Å². The predicted molar refractivity (Wildman–Crippen MR) is 131 cm³/mol. The fraction of sp³-hybridized carbons (Fsp3) is 0.591. The summed E-state index contributed by atoms with van der Waals surface area (Å²) in [6.45, 7) is 10.5. The van der Waals surface area contributed by atoms with Crippen LogP contribution in [0.1, 0.15) is 45.2 Å². The second kappa shape index (κ2) is 11.3. The van der Waals surface area contributed by atoms with Gasteiger partial charge in [0.25, 0.3) is 0 Å². The van der Waals surface area contributed by atoms with Crippen molar-refractivity contribution in [3.8, 4) is 11.4 Å². The monoisotopic (exact) mass is 464 g/mol. The Morgan fingerprint density at radius 3 is 2.48 bits per heavy atom. The van der Waals surface area contributed by atoms with Crippen LogP contribution in [0.2, 0.25) is 5.15 Å². The summed E-state index contributed by atoms with van der Waals surface area (Å²) < 4.78 is 8.02. The molecule has 1 atom stereocenters. The van der Waals surface area contributed by atoms with Crippen molar-refractivity contribution in [3.63, 3.8) is 0 Å². The van der Waals surface area contributed by atoms with Crippen molar-refractivity contribution < 1.29 is 4.74 Å². The fourth-order valence-corrected chi connectivity index (χ4v) is 4.78. The number of aromatic nitrogens is 3. The first-order valence-electron chi connectivity index (χ1n) is 11.0. The lowest BCUT2D eigenvalue weighted by Crippen LogP contribution is -2.44. The summed E-state index contributed by atoms with van der Waals surface area (Å²) in [4.78, 5) is 16.2. The van der Waals surface area contributed by atoms with Gasteiger partial charge in [0.05, 0.1) is 19.3 Å². The van der Waals surface area contributed by atoms with Crippen LogP contribution < -0.4 is 10.6 Å². The molecule has 7 nitrogen and oxygen atoms in total. The molecule has 0 aromatic carbocycles. The highest BCUT2D eigenvalue weighted by atomic mass is 35.5. The molecule has 31 heavy (non-hydrogen) atoms. The van der Waals surface area contributed by atoms with Crippen LogP contribution in [-0.2, 0) is 4.74 Å². The number of anilines is 2. The lowest BCUT2D eigenvalue weighted by molar-refractivity contribution is 0.0985. The number of halogens is 1. The van der Waals surface area contributed by atoms with Crippen LogP contribution in [-0.4, -0.2) is 64.4 Å². The summed E-state index contributed by atoms with van der Waals surface area (Å²) in [6.07, 6.45) is 4.32. The molecule has 9 heteroatoms.